The predicted octanol–water partition coefficient (Wildman–Crippen LogP) is 3.61. The lowest BCUT2D eigenvalue weighted by atomic mass is 10.2. The van der Waals surface area contributed by atoms with Crippen LogP contribution in [0.2, 0.25) is 18.6 Å². The van der Waals surface area contributed by atoms with Gasteiger partial charge in [-0.25, -0.2) is 0 Å². The second-order valence-corrected chi connectivity index (χ2v) is 8.93. The number of benzene rings is 1. The van der Waals surface area contributed by atoms with Gasteiger partial charge in [-0.1, -0.05) is 43.2 Å². The van der Waals surface area contributed by atoms with Crippen molar-refractivity contribution in [2.75, 3.05) is 6.61 Å². The minimum atomic E-state index is -1.24. The van der Waals surface area contributed by atoms with Crippen LogP contribution in [0, 0.1) is 0 Å². The number of hydrogen-bond donors (Lipinski definition) is 0. The molecule has 0 N–H and O–H groups in total. The van der Waals surface area contributed by atoms with Gasteiger partial charge in [0.25, 0.3) is 0 Å². The molecule has 0 spiro atoms. The third-order valence-corrected chi connectivity index (χ3v) is 7.07. The van der Waals surface area contributed by atoms with Gasteiger partial charge < -0.3 is 4.43 Å². The zero-order chi connectivity index (χ0) is 10.6. The average Bonchev–Trinajstić information content (AvgIpc) is 2.67. The highest BCUT2D eigenvalue weighted by Crippen LogP contribution is 2.30. The first kappa shape index (κ1) is 10.9. The van der Waals surface area contributed by atoms with E-state index in [0.717, 1.165) is 13.0 Å². The van der Waals surface area contributed by atoms with Crippen LogP contribution in [0.25, 0.3) is 0 Å². The zero-order valence-electron chi connectivity index (χ0n) is 9.54. The van der Waals surface area contributed by atoms with E-state index in [1.54, 1.807) is 0 Å². The van der Waals surface area contributed by atoms with E-state index in [1.165, 1.54) is 30.5 Å². The predicted molar refractivity (Wildman–Crippen MR) is 66.6 cm³/mol. The van der Waals surface area contributed by atoms with Crippen molar-refractivity contribution in [3.05, 3.63) is 35.9 Å². The van der Waals surface area contributed by atoms with Crippen molar-refractivity contribution >= 4 is 8.32 Å². The molecular formula is C13H20OSi. The fourth-order valence-electron chi connectivity index (χ4n) is 2.33. The van der Waals surface area contributed by atoms with Crippen molar-refractivity contribution in [3.8, 4) is 0 Å². The Morgan fingerprint density at radius 1 is 1.13 bits per heavy atom. The maximum absolute atomic E-state index is 6.13. The van der Waals surface area contributed by atoms with E-state index in [2.05, 4.69) is 36.9 Å². The summed E-state index contributed by atoms with van der Waals surface area (Å²) in [6.45, 7) is 3.32. The highest BCUT2D eigenvalue weighted by molar-refractivity contribution is 6.73. The van der Waals surface area contributed by atoms with Crippen LogP contribution in [-0.4, -0.2) is 14.9 Å². The molecule has 0 radical (unpaired) electrons. The lowest BCUT2D eigenvalue weighted by Gasteiger charge is -2.21. The summed E-state index contributed by atoms with van der Waals surface area (Å²) >= 11 is 0. The zero-order valence-corrected chi connectivity index (χ0v) is 10.5. The quantitative estimate of drug-likeness (QED) is 0.704. The molecule has 0 bridgehead atoms. The first-order chi connectivity index (χ1) is 7.29. The largest absolute Gasteiger partial charge is 0.417 e. The molecule has 0 aliphatic carbocycles. The van der Waals surface area contributed by atoms with Crippen LogP contribution in [0.15, 0.2) is 30.3 Å². The molecule has 0 amide bonds. The SMILES string of the molecule is C[Si]1(OCCc2ccccc2)CCCC1. The van der Waals surface area contributed by atoms with Gasteiger partial charge in [-0.2, -0.15) is 0 Å². The number of rotatable bonds is 4. The smallest absolute Gasteiger partial charge is 0.189 e. The van der Waals surface area contributed by atoms with Crippen LogP contribution in [0.5, 0.6) is 0 Å². The standard InChI is InChI=1S/C13H20OSi/c1-15(11-5-6-12-15)14-10-9-13-7-3-2-4-8-13/h2-4,7-8H,5-6,9-12H2,1H3. The molecule has 2 rings (SSSR count). The Morgan fingerprint density at radius 2 is 1.80 bits per heavy atom. The second-order valence-electron chi connectivity index (χ2n) is 4.74. The van der Waals surface area contributed by atoms with Crippen LogP contribution >= 0.6 is 0 Å². The molecule has 0 unspecified atom stereocenters. The Balaban J connectivity index is 1.75. The van der Waals surface area contributed by atoms with E-state index in [1.807, 2.05) is 0 Å². The van der Waals surface area contributed by atoms with E-state index in [4.69, 9.17) is 4.43 Å². The van der Waals surface area contributed by atoms with Crippen LogP contribution in [0.1, 0.15) is 18.4 Å². The van der Waals surface area contributed by atoms with Gasteiger partial charge in [-0.05, 0) is 30.6 Å². The van der Waals surface area contributed by atoms with Crippen molar-refractivity contribution in [2.45, 2.75) is 37.9 Å². The normalized spacial score (nSPS) is 19.3. The minimum Gasteiger partial charge on any atom is -0.417 e. The second kappa shape index (κ2) is 4.95. The summed E-state index contributed by atoms with van der Waals surface area (Å²) in [6.07, 6.45) is 3.87. The summed E-state index contributed by atoms with van der Waals surface area (Å²) in [6, 6.07) is 13.4. The molecular weight excluding hydrogens is 200 g/mol. The van der Waals surface area contributed by atoms with Crippen molar-refractivity contribution in [1.82, 2.24) is 0 Å². The summed E-state index contributed by atoms with van der Waals surface area (Å²) in [4.78, 5) is 0. The van der Waals surface area contributed by atoms with Gasteiger partial charge in [0, 0.05) is 6.61 Å². The van der Waals surface area contributed by atoms with Gasteiger partial charge in [0.15, 0.2) is 8.32 Å². The molecule has 1 heterocycles. The first-order valence-electron chi connectivity index (χ1n) is 5.96. The minimum absolute atomic E-state index is 0.923. The third kappa shape index (κ3) is 3.18. The lowest BCUT2D eigenvalue weighted by molar-refractivity contribution is 0.311. The van der Waals surface area contributed by atoms with Crippen molar-refractivity contribution in [2.24, 2.45) is 0 Å². The maximum Gasteiger partial charge on any atom is 0.189 e. The molecule has 1 fully saturated rings. The molecule has 1 nitrogen and oxygen atoms in total. The van der Waals surface area contributed by atoms with E-state index in [9.17, 15) is 0 Å². The third-order valence-electron chi connectivity index (χ3n) is 3.35. The van der Waals surface area contributed by atoms with Crippen LogP contribution < -0.4 is 0 Å². The molecule has 1 aromatic carbocycles. The van der Waals surface area contributed by atoms with E-state index in [0.29, 0.717) is 0 Å². The molecule has 2 heteroatoms. The molecule has 15 heavy (non-hydrogen) atoms. The Kier molecular flexibility index (Phi) is 3.60. The summed E-state index contributed by atoms with van der Waals surface area (Å²) in [5.74, 6) is 0. The Hall–Kier alpha value is -0.603. The molecule has 1 aliphatic rings. The molecule has 1 aliphatic heterocycles. The summed E-state index contributed by atoms with van der Waals surface area (Å²) in [7, 11) is -1.24. The van der Waals surface area contributed by atoms with Gasteiger partial charge >= 0.3 is 0 Å². The fraction of sp³-hybridized carbons (Fsp3) is 0.538. The highest BCUT2D eigenvalue weighted by Gasteiger charge is 2.32. The van der Waals surface area contributed by atoms with E-state index < -0.39 is 8.32 Å². The Morgan fingerprint density at radius 3 is 2.47 bits per heavy atom. The van der Waals surface area contributed by atoms with Crippen LogP contribution in [0.4, 0.5) is 0 Å². The molecule has 1 saturated heterocycles. The summed E-state index contributed by atoms with van der Waals surface area (Å²) in [5, 5.41) is 0. The average molecular weight is 220 g/mol. The van der Waals surface area contributed by atoms with Crippen molar-refractivity contribution in [1.29, 1.82) is 0 Å². The van der Waals surface area contributed by atoms with Crippen molar-refractivity contribution in [3.63, 3.8) is 0 Å². The van der Waals surface area contributed by atoms with E-state index in [-0.39, 0.29) is 0 Å². The highest BCUT2D eigenvalue weighted by atomic mass is 28.4. The summed E-state index contributed by atoms with van der Waals surface area (Å²) in [5.41, 5.74) is 1.40. The van der Waals surface area contributed by atoms with Crippen LogP contribution in [-0.2, 0) is 10.8 Å². The molecule has 0 saturated carbocycles. The Bertz CT molecular complexity index is 291. The van der Waals surface area contributed by atoms with Gasteiger partial charge in [0.2, 0.25) is 0 Å². The molecule has 1 aromatic rings. The van der Waals surface area contributed by atoms with Gasteiger partial charge in [-0.3, -0.25) is 0 Å². The van der Waals surface area contributed by atoms with Gasteiger partial charge in [0.1, 0.15) is 0 Å². The van der Waals surface area contributed by atoms with E-state index >= 15 is 0 Å². The van der Waals surface area contributed by atoms with Crippen molar-refractivity contribution < 1.29 is 4.43 Å². The van der Waals surface area contributed by atoms with Crippen LogP contribution in [0.3, 0.4) is 0 Å². The lowest BCUT2D eigenvalue weighted by Crippen LogP contribution is -2.31. The Labute approximate surface area is 93.6 Å². The van der Waals surface area contributed by atoms with Gasteiger partial charge in [0.05, 0.1) is 0 Å². The first-order valence-corrected chi connectivity index (χ1v) is 8.79. The maximum atomic E-state index is 6.13. The fourth-order valence-corrected chi connectivity index (χ4v) is 5.46. The topological polar surface area (TPSA) is 9.23 Å². The molecule has 0 atom stereocenters. The molecule has 0 aromatic heterocycles. The summed E-state index contributed by atoms with van der Waals surface area (Å²) < 4.78 is 6.13. The molecule has 82 valence electrons. The van der Waals surface area contributed by atoms with Gasteiger partial charge in [-0.15, -0.1) is 0 Å². The monoisotopic (exact) mass is 220 g/mol. The number of hydrogen-bond acceptors (Lipinski definition) is 1.